The third-order valence-electron chi connectivity index (χ3n) is 2.28. The molecule has 0 fully saturated rings. The molecule has 0 bridgehead atoms. The lowest BCUT2D eigenvalue weighted by molar-refractivity contribution is 0.303. The quantitative estimate of drug-likeness (QED) is 0.876. The van der Waals surface area contributed by atoms with Crippen molar-refractivity contribution < 1.29 is 4.74 Å². The molecule has 7 heteroatoms. The normalized spacial score (nSPS) is 11.9. The Kier molecular flexibility index (Phi) is 4.51. The number of anilines is 2. The van der Waals surface area contributed by atoms with Gasteiger partial charge in [0.15, 0.2) is 0 Å². The maximum Gasteiger partial charge on any atom is 0.227 e. The number of aromatic nitrogens is 3. The predicted molar refractivity (Wildman–Crippen MR) is 77.0 cm³/mol. The SMILES string of the molecule is CC(COc1ccc(Br)cc1)Nc1ncnc(N)n1. The molecule has 1 aromatic heterocycles. The molecule has 0 radical (unpaired) electrons. The Morgan fingerprint density at radius 3 is 2.74 bits per heavy atom. The molecule has 2 aromatic rings. The number of nitrogens with two attached hydrogens (primary N) is 1. The monoisotopic (exact) mass is 323 g/mol. The molecule has 1 heterocycles. The Labute approximate surface area is 119 Å². The van der Waals surface area contributed by atoms with Gasteiger partial charge in [0, 0.05) is 4.47 Å². The molecule has 0 saturated carbocycles. The van der Waals surface area contributed by atoms with Gasteiger partial charge in [-0.1, -0.05) is 15.9 Å². The molecule has 0 amide bonds. The van der Waals surface area contributed by atoms with E-state index in [-0.39, 0.29) is 12.0 Å². The first-order chi connectivity index (χ1) is 9.13. The van der Waals surface area contributed by atoms with Crippen molar-refractivity contribution in [1.29, 1.82) is 0 Å². The Morgan fingerprint density at radius 2 is 2.05 bits per heavy atom. The number of nitrogens with zero attached hydrogens (tertiary/aromatic N) is 3. The van der Waals surface area contributed by atoms with Crippen molar-refractivity contribution in [1.82, 2.24) is 15.0 Å². The lowest BCUT2D eigenvalue weighted by Gasteiger charge is -2.14. The van der Waals surface area contributed by atoms with E-state index in [1.165, 1.54) is 6.33 Å². The van der Waals surface area contributed by atoms with E-state index in [1.54, 1.807) is 0 Å². The van der Waals surface area contributed by atoms with Crippen LogP contribution in [0.15, 0.2) is 35.1 Å². The van der Waals surface area contributed by atoms with Crippen molar-refractivity contribution >= 4 is 27.8 Å². The molecule has 0 aliphatic carbocycles. The number of hydrogen-bond donors (Lipinski definition) is 2. The van der Waals surface area contributed by atoms with Crippen LogP contribution in [0.1, 0.15) is 6.92 Å². The van der Waals surface area contributed by atoms with Crippen molar-refractivity contribution in [2.45, 2.75) is 13.0 Å². The molecular formula is C12H14BrN5O. The largest absolute Gasteiger partial charge is 0.491 e. The van der Waals surface area contributed by atoms with Crippen molar-refractivity contribution in [3.8, 4) is 5.75 Å². The molecular weight excluding hydrogens is 310 g/mol. The van der Waals surface area contributed by atoms with Gasteiger partial charge >= 0.3 is 0 Å². The second-order valence-corrected chi connectivity index (χ2v) is 4.89. The third-order valence-corrected chi connectivity index (χ3v) is 2.81. The highest BCUT2D eigenvalue weighted by Gasteiger charge is 2.05. The third kappa shape index (κ3) is 4.36. The summed E-state index contributed by atoms with van der Waals surface area (Å²) in [7, 11) is 0. The van der Waals surface area contributed by atoms with Gasteiger partial charge in [-0.3, -0.25) is 0 Å². The van der Waals surface area contributed by atoms with Crippen LogP contribution in [-0.4, -0.2) is 27.6 Å². The minimum absolute atomic E-state index is 0.0467. The highest BCUT2D eigenvalue weighted by Crippen LogP contribution is 2.16. The van der Waals surface area contributed by atoms with Gasteiger partial charge in [-0.2, -0.15) is 4.98 Å². The molecule has 0 spiro atoms. The van der Waals surface area contributed by atoms with Crippen molar-refractivity contribution in [2.75, 3.05) is 17.7 Å². The summed E-state index contributed by atoms with van der Waals surface area (Å²) in [5.41, 5.74) is 5.48. The first-order valence-electron chi connectivity index (χ1n) is 5.73. The van der Waals surface area contributed by atoms with E-state index in [9.17, 15) is 0 Å². The van der Waals surface area contributed by atoms with Gasteiger partial charge in [0.1, 0.15) is 18.7 Å². The number of nitrogens with one attached hydrogen (secondary N) is 1. The van der Waals surface area contributed by atoms with Crippen molar-refractivity contribution in [3.05, 3.63) is 35.1 Å². The Bertz CT molecular complexity index is 534. The van der Waals surface area contributed by atoms with Gasteiger partial charge in [0.05, 0.1) is 6.04 Å². The molecule has 1 aromatic carbocycles. The van der Waals surface area contributed by atoms with E-state index in [1.807, 2.05) is 31.2 Å². The lowest BCUT2D eigenvalue weighted by Crippen LogP contribution is -2.24. The van der Waals surface area contributed by atoms with Crippen LogP contribution in [0.4, 0.5) is 11.9 Å². The van der Waals surface area contributed by atoms with E-state index in [0.717, 1.165) is 10.2 Å². The molecule has 3 N–H and O–H groups in total. The summed E-state index contributed by atoms with van der Waals surface area (Å²) in [5.74, 6) is 1.45. The summed E-state index contributed by atoms with van der Waals surface area (Å²) in [5, 5.41) is 3.09. The Balaban J connectivity index is 1.84. The molecule has 2 rings (SSSR count). The maximum atomic E-state index is 5.64. The van der Waals surface area contributed by atoms with Gasteiger partial charge in [-0.15, -0.1) is 0 Å². The summed E-state index contributed by atoms with van der Waals surface area (Å²) in [4.78, 5) is 11.7. The van der Waals surface area contributed by atoms with Crippen LogP contribution in [0.5, 0.6) is 5.75 Å². The molecule has 1 atom stereocenters. The molecule has 19 heavy (non-hydrogen) atoms. The summed E-state index contributed by atoms with van der Waals surface area (Å²) in [6.45, 7) is 2.46. The van der Waals surface area contributed by atoms with E-state index in [2.05, 4.69) is 36.2 Å². The van der Waals surface area contributed by atoms with Crippen LogP contribution >= 0.6 is 15.9 Å². The highest BCUT2D eigenvalue weighted by atomic mass is 79.9. The fourth-order valence-electron chi connectivity index (χ4n) is 1.39. The number of nitrogen functional groups attached to an aromatic ring is 1. The number of rotatable bonds is 5. The summed E-state index contributed by atoms with van der Waals surface area (Å²) >= 11 is 3.37. The molecule has 0 saturated heterocycles. The summed E-state index contributed by atoms with van der Waals surface area (Å²) < 4.78 is 6.66. The minimum atomic E-state index is 0.0467. The Hall–Kier alpha value is -1.89. The van der Waals surface area contributed by atoms with Crippen LogP contribution in [-0.2, 0) is 0 Å². The van der Waals surface area contributed by atoms with E-state index >= 15 is 0 Å². The van der Waals surface area contributed by atoms with Crippen LogP contribution in [0, 0.1) is 0 Å². The number of halogens is 1. The fourth-order valence-corrected chi connectivity index (χ4v) is 1.66. The van der Waals surface area contributed by atoms with Gasteiger partial charge in [0.25, 0.3) is 0 Å². The van der Waals surface area contributed by atoms with Gasteiger partial charge in [0.2, 0.25) is 11.9 Å². The van der Waals surface area contributed by atoms with Crippen LogP contribution in [0.25, 0.3) is 0 Å². The van der Waals surface area contributed by atoms with E-state index in [0.29, 0.717) is 12.6 Å². The van der Waals surface area contributed by atoms with Crippen molar-refractivity contribution in [3.63, 3.8) is 0 Å². The minimum Gasteiger partial charge on any atom is -0.491 e. The zero-order chi connectivity index (χ0) is 13.7. The van der Waals surface area contributed by atoms with Crippen LogP contribution in [0.2, 0.25) is 0 Å². The number of benzene rings is 1. The molecule has 0 aliphatic heterocycles. The van der Waals surface area contributed by atoms with Crippen LogP contribution < -0.4 is 15.8 Å². The van der Waals surface area contributed by atoms with Gasteiger partial charge in [-0.05, 0) is 31.2 Å². The predicted octanol–water partition coefficient (Wildman–Crippen LogP) is 2.10. The van der Waals surface area contributed by atoms with Crippen LogP contribution in [0.3, 0.4) is 0 Å². The average molecular weight is 324 g/mol. The average Bonchev–Trinajstić information content (AvgIpc) is 2.38. The standard InChI is InChI=1S/C12H14BrN5O/c1-8(17-12-16-7-15-11(14)18-12)6-19-10-4-2-9(13)3-5-10/h2-5,7-8H,6H2,1H3,(H3,14,15,16,17,18). The van der Waals surface area contributed by atoms with E-state index in [4.69, 9.17) is 10.5 Å². The van der Waals surface area contributed by atoms with Gasteiger partial charge < -0.3 is 15.8 Å². The smallest absolute Gasteiger partial charge is 0.227 e. The molecule has 0 aliphatic rings. The summed E-state index contributed by atoms with van der Waals surface area (Å²) in [6.07, 6.45) is 1.37. The number of ether oxygens (including phenoxy) is 1. The highest BCUT2D eigenvalue weighted by molar-refractivity contribution is 9.10. The lowest BCUT2D eigenvalue weighted by atomic mass is 10.3. The Morgan fingerprint density at radius 1 is 1.32 bits per heavy atom. The second-order valence-electron chi connectivity index (χ2n) is 3.98. The molecule has 6 nitrogen and oxygen atoms in total. The maximum absolute atomic E-state index is 5.64. The second kappa shape index (κ2) is 6.33. The van der Waals surface area contributed by atoms with E-state index < -0.39 is 0 Å². The zero-order valence-corrected chi connectivity index (χ0v) is 12.0. The zero-order valence-electron chi connectivity index (χ0n) is 10.4. The fraction of sp³-hybridized carbons (Fsp3) is 0.250. The van der Waals surface area contributed by atoms with Crippen molar-refractivity contribution in [2.24, 2.45) is 0 Å². The first kappa shape index (κ1) is 13.5. The molecule has 1 unspecified atom stereocenters. The molecule has 100 valence electrons. The first-order valence-corrected chi connectivity index (χ1v) is 6.52. The number of hydrogen-bond acceptors (Lipinski definition) is 6. The summed E-state index contributed by atoms with van der Waals surface area (Å²) in [6, 6.07) is 7.71. The van der Waals surface area contributed by atoms with Gasteiger partial charge in [-0.25, -0.2) is 9.97 Å². The topological polar surface area (TPSA) is 86.0 Å².